The highest BCUT2D eigenvalue weighted by molar-refractivity contribution is 9.10. The van der Waals surface area contributed by atoms with Gasteiger partial charge in [0.05, 0.1) is 5.56 Å². The first-order valence-corrected chi connectivity index (χ1v) is 6.60. The predicted octanol–water partition coefficient (Wildman–Crippen LogP) is 3.59. The number of halogens is 1. The lowest BCUT2D eigenvalue weighted by Gasteiger charge is -2.10. The quantitative estimate of drug-likeness (QED) is 0.714. The minimum absolute atomic E-state index is 0.158. The lowest BCUT2D eigenvalue weighted by atomic mass is 10.1. The first-order chi connectivity index (χ1) is 9.56. The maximum Gasteiger partial charge on any atom is 0.193 e. The molecule has 0 aromatic heterocycles. The van der Waals surface area contributed by atoms with E-state index in [1.165, 1.54) is 0 Å². The van der Waals surface area contributed by atoms with Gasteiger partial charge in [0.1, 0.15) is 21.7 Å². The molecule has 2 N–H and O–H groups in total. The Morgan fingerprint density at radius 3 is 2.40 bits per heavy atom. The zero-order valence-corrected chi connectivity index (χ0v) is 11.7. The van der Waals surface area contributed by atoms with Crippen molar-refractivity contribution in [2.75, 3.05) is 0 Å². The molecule has 1 aliphatic heterocycles. The molecule has 3 rings (SSSR count). The second-order valence-corrected chi connectivity index (χ2v) is 5.09. The van der Waals surface area contributed by atoms with Crippen molar-refractivity contribution in [3.05, 3.63) is 57.2 Å². The van der Waals surface area contributed by atoms with Crippen LogP contribution in [0, 0.1) is 0 Å². The van der Waals surface area contributed by atoms with Crippen molar-refractivity contribution < 1.29 is 14.6 Å². The summed E-state index contributed by atoms with van der Waals surface area (Å²) < 4.78 is 6.03. The molecular weight excluding hydrogens is 324 g/mol. The van der Waals surface area contributed by atoms with Crippen molar-refractivity contribution in [1.82, 2.24) is 0 Å². The average molecular weight is 333 g/mol. The summed E-state index contributed by atoms with van der Waals surface area (Å²) in [6.45, 7) is 0. The Hall–Kier alpha value is -2.27. The number of hydrogen-bond acceptors (Lipinski definition) is 4. The van der Waals surface area contributed by atoms with E-state index in [1.54, 1.807) is 36.4 Å². The highest BCUT2D eigenvalue weighted by Gasteiger charge is 2.17. The summed E-state index contributed by atoms with van der Waals surface area (Å²) in [5, 5.41) is 18.9. The SMILES string of the molecule is O=c1cc(O)c(Br)c2oc(-c3ccc(O)cc3)ccc1-2. The summed E-state index contributed by atoms with van der Waals surface area (Å²) >= 11 is 3.21. The molecule has 5 heteroatoms. The summed E-state index contributed by atoms with van der Waals surface area (Å²) in [6.07, 6.45) is 0. The van der Waals surface area contributed by atoms with Gasteiger partial charge in [-0.05, 0) is 52.3 Å². The summed E-state index contributed by atoms with van der Waals surface area (Å²) in [5.41, 5.74) is 0.839. The third kappa shape index (κ3) is 2.06. The molecule has 20 heavy (non-hydrogen) atoms. The minimum Gasteiger partial charge on any atom is -0.508 e. The van der Waals surface area contributed by atoms with Crippen LogP contribution in [-0.4, -0.2) is 10.2 Å². The summed E-state index contributed by atoms with van der Waals surface area (Å²) in [5.74, 6) is 0.827. The summed E-state index contributed by atoms with van der Waals surface area (Å²) in [7, 11) is 0. The van der Waals surface area contributed by atoms with Crippen molar-refractivity contribution in [2.24, 2.45) is 0 Å². The number of benzene rings is 2. The Labute approximate surface area is 122 Å². The van der Waals surface area contributed by atoms with Crippen molar-refractivity contribution in [3.63, 3.8) is 0 Å². The summed E-state index contributed by atoms with van der Waals surface area (Å²) in [6, 6.07) is 11.0. The molecule has 2 aliphatic rings. The van der Waals surface area contributed by atoms with Crippen LogP contribution < -0.4 is 5.43 Å². The van der Waals surface area contributed by atoms with Crippen LogP contribution in [0.5, 0.6) is 11.5 Å². The van der Waals surface area contributed by atoms with Gasteiger partial charge in [-0.3, -0.25) is 4.79 Å². The second-order valence-electron chi connectivity index (χ2n) is 4.30. The fourth-order valence-corrected chi connectivity index (χ4v) is 2.36. The Morgan fingerprint density at radius 1 is 1.00 bits per heavy atom. The number of phenols is 2. The molecule has 0 saturated heterocycles. The van der Waals surface area contributed by atoms with E-state index in [-0.39, 0.29) is 16.9 Å². The molecule has 0 unspecified atom stereocenters. The molecule has 1 heterocycles. The number of aromatic hydroxyl groups is 2. The molecule has 100 valence electrons. The van der Waals surface area contributed by atoms with Crippen molar-refractivity contribution in [2.45, 2.75) is 0 Å². The predicted molar refractivity (Wildman–Crippen MR) is 78.1 cm³/mol. The van der Waals surface area contributed by atoms with Crippen LogP contribution in [0.4, 0.5) is 0 Å². The lowest BCUT2D eigenvalue weighted by molar-refractivity contribution is 0.467. The molecule has 0 fully saturated rings. The fourth-order valence-electron chi connectivity index (χ4n) is 1.95. The fraction of sp³-hybridized carbons (Fsp3) is 0. The Balaban J connectivity index is 2.25. The number of rotatable bonds is 1. The molecule has 0 atom stereocenters. The van der Waals surface area contributed by atoms with Gasteiger partial charge in [0, 0.05) is 11.6 Å². The van der Waals surface area contributed by atoms with E-state index in [0.29, 0.717) is 21.6 Å². The van der Waals surface area contributed by atoms with Gasteiger partial charge in [-0.2, -0.15) is 0 Å². The van der Waals surface area contributed by atoms with E-state index < -0.39 is 0 Å². The third-order valence-electron chi connectivity index (χ3n) is 2.97. The van der Waals surface area contributed by atoms with Gasteiger partial charge in [0.2, 0.25) is 0 Å². The Morgan fingerprint density at radius 2 is 1.70 bits per heavy atom. The lowest BCUT2D eigenvalue weighted by Crippen LogP contribution is -2.04. The smallest absolute Gasteiger partial charge is 0.193 e. The minimum atomic E-state index is -0.304. The van der Waals surface area contributed by atoms with E-state index >= 15 is 0 Å². The van der Waals surface area contributed by atoms with Gasteiger partial charge in [0.25, 0.3) is 0 Å². The maximum atomic E-state index is 11.8. The van der Waals surface area contributed by atoms with Gasteiger partial charge in [-0.25, -0.2) is 0 Å². The zero-order valence-electron chi connectivity index (χ0n) is 10.1. The van der Waals surface area contributed by atoms with Gasteiger partial charge >= 0.3 is 0 Å². The Bertz CT molecular complexity index is 805. The molecule has 0 radical (unpaired) electrons. The van der Waals surface area contributed by atoms with E-state index in [4.69, 9.17) is 4.42 Å². The van der Waals surface area contributed by atoms with Gasteiger partial charge in [0.15, 0.2) is 11.2 Å². The standard InChI is InChI=1S/C15H9BrO4/c16-14-12(19)7-11(18)10-5-6-13(20-15(10)14)8-1-3-9(17)4-2-8/h1-7,17,19H. The van der Waals surface area contributed by atoms with Crippen LogP contribution in [0.15, 0.2) is 56.1 Å². The topological polar surface area (TPSA) is 70.7 Å². The van der Waals surface area contributed by atoms with Crippen LogP contribution in [0.1, 0.15) is 0 Å². The third-order valence-corrected chi connectivity index (χ3v) is 3.73. The molecule has 0 spiro atoms. The number of phenolic OH excluding ortho intramolecular Hbond substituents is 2. The molecule has 1 aromatic carbocycles. The Kier molecular flexibility index (Phi) is 2.99. The van der Waals surface area contributed by atoms with Crippen molar-refractivity contribution in [3.8, 4) is 34.1 Å². The van der Waals surface area contributed by atoms with Gasteiger partial charge < -0.3 is 14.6 Å². The average Bonchev–Trinajstić information content (AvgIpc) is 2.45. The number of hydrogen-bond donors (Lipinski definition) is 2. The van der Waals surface area contributed by atoms with Crippen molar-refractivity contribution in [1.29, 1.82) is 0 Å². The summed E-state index contributed by atoms with van der Waals surface area (Å²) in [4.78, 5) is 11.8. The largest absolute Gasteiger partial charge is 0.508 e. The molecule has 4 nitrogen and oxygen atoms in total. The zero-order chi connectivity index (χ0) is 14.3. The van der Waals surface area contributed by atoms with Crippen LogP contribution in [-0.2, 0) is 0 Å². The second kappa shape index (κ2) is 4.68. The molecule has 1 aliphatic carbocycles. The van der Waals surface area contributed by atoms with Crippen LogP contribution in [0.3, 0.4) is 0 Å². The molecule has 0 amide bonds. The van der Waals surface area contributed by atoms with Crippen LogP contribution >= 0.6 is 15.9 Å². The first kappa shape index (κ1) is 12.7. The number of fused-ring (bicyclic) bond motifs is 1. The van der Waals surface area contributed by atoms with Crippen LogP contribution in [0.2, 0.25) is 0 Å². The van der Waals surface area contributed by atoms with E-state index in [2.05, 4.69) is 15.9 Å². The van der Waals surface area contributed by atoms with Crippen molar-refractivity contribution >= 4 is 15.9 Å². The molecule has 1 aromatic rings. The first-order valence-electron chi connectivity index (χ1n) is 5.81. The molecule has 0 bridgehead atoms. The van der Waals surface area contributed by atoms with E-state index in [1.807, 2.05) is 0 Å². The normalized spacial score (nSPS) is 10.8. The van der Waals surface area contributed by atoms with Crippen LogP contribution in [0.25, 0.3) is 22.6 Å². The molecular formula is C15H9BrO4. The van der Waals surface area contributed by atoms with Gasteiger partial charge in [-0.15, -0.1) is 0 Å². The maximum absolute atomic E-state index is 11.8. The highest BCUT2D eigenvalue weighted by Crippen LogP contribution is 2.37. The van der Waals surface area contributed by atoms with E-state index in [0.717, 1.165) is 11.6 Å². The molecule has 0 saturated carbocycles. The van der Waals surface area contributed by atoms with Gasteiger partial charge in [-0.1, -0.05) is 0 Å². The van der Waals surface area contributed by atoms with E-state index in [9.17, 15) is 15.0 Å². The monoisotopic (exact) mass is 332 g/mol. The highest BCUT2D eigenvalue weighted by atomic mass is 79.9.